The molecule has 0 aliphatic rings. The van der Waals surface area contributed by atoms with Crippen LogP contribution in [-0.4, -0.2) is 17.3 Å². The van der Waals surface area contributed by atoms with Crippen LogP contribution in [0, 0.1) is 5.82 Å². The van der Waals surface area contributed by atoms with Crippen molar-refractivity contribution >= 4 is 5.78 Å². The Morgan fingerprint density at radius 3 is 3.00 bits per heavy atom. The van der Waals surface area contributed by atoms with Crippen molar-refractivity contribution in [2.24, 2.45) is 5.73 Å². The van der Waals surface area contributed by atoms with E-state index in [1.165, 1.54) is 12.3 Å². The first-order valence-electron chi connectivity index (χ1n) is 3.59. The molecule has 0 unspecified atom stereocenters. The van der Waals surface area contributed by atoms with Crippen molar-refractivity contribution in [2.45, 2.75) is 6.42 Å². The van der Waals surface area contributed by atoms with Gasteiger partial charge in [-0.1, -0.05) is 0 Å². The summed E-state index contributed by atoms with van der Waals surface area (Å²) in [4.78, 5) is 14.8. The molecule has 0 aliphatic heterocycles. The molecule has 0 bridgehead atoms. The highest BCUT2D eigenvalue weighted by atomic mass is 19.1. The number of carbonyl (C=O) groups is 1. The molecule has 2 N–H and O–H groups in total. The Balaban J connectivity index is 2.81. The molecule has 4 heteroatoms. The van der Waals surface area contributed by atoms with Crippen molar-refractivity contribution in [1.82, 2.24) is 4.98 Å². The predicted octanol–water partition coefficient (Wildman–Crippen LogP) is 0.752. The van der Waals surface area contributed by atoms with E-state index in [9.17, 15) is 9.18 Å². The average molecular weight is 168 g/mol. The highest BCUT2D eigenvalue weighted by Gasteiger charge is 2.05. The lowest BCUT2D eigenvalue weighted by Crippen LogP contribution is -2.09. The number of halogens is 1. The zero-order valence-electron chi connectivity index (χ0n) is 6.46. The molecule has 0 amide bonds. The molecule has 1 aromatic rings. The molecule has 0 fully saturated rings. The minimum Gasteiger partial charge on any atom is -0.330 e. The molecule has 1 heterocycles. The highest BCUT2D eigenvalue weighted by molar-refractivity contribution is 5.94. The van der Waals surface area contributed by atoms with Crippen LogP contribution in [0.5, 0.6) is 0 Å². The van der Waals surface area contributed by atoms with E-state index in [1.807, 2.05) is 0 Å². The smallest absolute Gasteiger partial charge is 0.182 e. The van der Waals surface area contributed by atoms with Gasteiger partial charge >= 0.3 is 0 Å². The lowest BCUT2D eigenvalue weighted by atomic mass is 10.2. The molecular weight excluding hydrogens is 159 g/mol. The Kier molecular flexibility index (Phi) is 2.88. The van der Waals surface area contributed by atoms with Gasteiger partial charge in [-0.05, 0) is 12.6 Å². The number of carbonyl (C=O) groups excluding carboxylic acids is 1. The second-order valence-corrected chi connectivity index (χ2v) is 2.32. The Morgan fingerprint density at radius 2 is 2.42 bits per heavy atom. The number of nitrogens with two attached hydrogens (primary N) is 1. The summed E-state index contributed by atoms with van der Waals surface area (Å²) in [6.45, 7) is 0.261. The summed E-state index contributed by atoms with van der Waals surface area (Å²) in [5.74, 6) is -0.678. The Labute approximate surface area is 69.4 Å². The first kappa shape index (κ1) is 8.80. The van der Waals surface area contributed by atoms with E-state index in [1.54, 1.807) is 0 Å². The largest absolute Gasteiger partial charge is 0.330 e. The summed E-state index contributed by atoms with van der Waals surface area (Å²) in [5.41, 5.74) is 5.30. The van der Waals surface area contributed by atoms with Crippen molar-refractivity contribution in [2.75, 3.05) is 6.54 Å². The summed E-state index contributed by atoms with van der Waals surface area (Å²) in [5, 5.41) is 0. The molecule has 64 valence electrons. The zero-order chi connectivity index (χ0) is 8.97. The number of hydrogen-bond donors (Lipinski definition) is 1. The molecule has 0 aliphatic carbocycles. The van der Waals surface area contributed by atoms with Gasteiger partial charge in [-0.15, -0.1) is 0 Å². The molecule has 0 aromatic carbocycles. The third kappa shape index (κ3) is 2.10. The van der Waals surface area contributed by atoms with Gasteiger partial charge in [0.2, 0.25) is 0 Å². The molecule has 1 aromatic heterocycles. The Morgan fingerprint density at radius 1 is 1.67 bits per heavy atom. The van der Waals surface area contributed by atoms with E-state index in [2.05, 4.69) is 4.98 Å². The van der Waals surface area contributed by atoms with Gasteiger partial charge in [0.1, 0.15) is 11.5 Å². The maximum atomic E-state index is 12.5. The number of pyridine rings is 1. The fourth-order valence-corrected chi connectivity index (χ4v) is 0.816. The molecule has 0 saturated heterocycles. The van der Waals surface area contributed by atoms with E-state index in [0.29, 0.717) is 0 Å². The summed E-state index contributed by atoms with van der Waals surface area (Å²) < 4.78 is 12.5. The summed E-state index contributed by atoms with van der Waals surface area (Å²) in [7, 11) is 0. The number of hydrogen-bond acceptors (Lipinski definition) is 3. The van der Waals surface area contributed by atoms with Crippen LogP contribution in [0.2, 0.25) is 0 Å². The lowest BCUT2D eigenvalue weighted by molar-refractivity contribution is 0.0980. The van der Waals surface area contributed by atoms with Gasteiger partial charge in [-0.3, -0.25) is 9.78 Å². The highest BCUT2D eigenvalue weighted by Crippen LogP contribution is 2.01. The van der Waals surface area contributed by atoms with Crippen LogP contribution in [0.1, 0.15) is 16.9 Å². The normalized spacial score (nSPS) is 9.83. The summed E-state index contributed by atoms with van der Waals surface area (Å²) >= 11 is 0. The molecule has 12 heavy (non-hydrogen) atoms. The molecule has 0 saturated carbocycles. The van der Waals surface area contributed by atoms with Gasteiger partial charge in [0.15, 0.2) is 5.78 Å². The predicted molar refractivity (Wildman–Crippen MR) is 42.2 cm³/mol. The molecule has 0 spiro atoms. The van der Waals surface area contributed by atoms with Crippen LogP contribution in [0.4, 0.5) is 4.39 Å². The first-order valence-corrected chi connectivity index (χ1v) is 3.59. The third-order valence-electron chi connectivity index (χ3n) is 1.38. The monoisotopic (exact) mass is 168 g/mol. The number of rotatable bonds is 3. The van der Waals surface area contributed by atoms with Gasteiger partial charge in [-0.25, -0.2) is 4.39 Å². The van der Waals surface area contributed by atoms with E-state index in [0.717, 1.165) is 6.07 Å². The molecule has 3 nitrogen and oxygen atoms in total. The van der Waals surface area contributed by atoms with Crippen molar-refractivity contribution < 1.29 is 9.18 Å². The van der Waals surface area contributed by atoms with E-state index < -0.39 is 5.82 Å². The van der Waals surface area contributed by atoms with Gasteiger partial charge in [-0.2, -0.15) is 0 Å². The lowest BCUT2D eigenvalue weighted by Gasteiger charge is -1.96. The topological polar surface area (TPSA) is 56.0 Å². The minimum absolute atomic E-state index is 0.139. The van der Waals surface area contributed by atoms with Crippen LogP contribution in [-0.2, 0) is 0 Å². The van der Waals surface area contributed by atoms with Gasteiger partial charge in [0.05, 0.1) is 0 Å². The fraction of sp³-hybridized carbons (Fsp3) is 0.250. The zero-order valence-corrected chi connectivity index (χ0v) is 6.46. The van der Waals surface area contributed by atoms with E-state index in [-0.39, 0.29) is 24.4 Å². The van der Waals surface area contributed by atoms with Crippen LogP contribution >= 0.6 is 0 Å². The number of Topliss-reactive ketones (excluding diaryl/α,β-unsaturated/α-hetero) is 1. The maximum Gasteiger partial charge on any atom is 0.182 e. The van der Waals surface area contributed by atoms with Crippen molar-refractivity contribution in [3.63, 3.8) is 0 Å². The quantitative estimate of drug-likeness (QED) is 0.677. The third-order valence-corrected chi connectivity index (χ3v) is 1.38. The fourth-order valence-electron chi connectivity index (χ4n) is 0.816. The van der Waals surface area contributed by atoms with Crippen LogP contribution < -0.4 is 5.73 Å². The maximum absolute atomic E-state index is 12.5. The van der Waals surface area contributed by atoms with Crippen LogP contribution in [0.15, 0.2) is 18.3 Å². The average Bonchev–Trinajstić information content (AvgIpc) is 2.05. The van der Waals surface area contributed by atoms with Crippen molar-refractivity contribution in [3.8, 4) is 0 Å². The van der Waals surface area contributed by atoms with Gasteiger partial charge < -0.3 is 5.73 Å². The van der Waals surface area contributed by atoms with Crippen molar-refractivity contribution in [3.05, 3.63) is 29.8 Å². The molecule has 0 atom stereocenters. The molecule has 1 rings (SSSR count). The van der Waals surface area contributed by atoms with Gasteiger partial charge in [0.25, 0.3) is 0 Å². The number of aromatic nitrogens is 1. The SMILES string of the molecule is NCCC(=O)c1cc(F)ccn1. The summed E-state index contributed by atoms with van der Waals surface area (Å²) in [6, 6.07) is 2.30. The van der Waals surface area contributed by atoms with Crippen LogP contribution in [0.25, 0.3) is 0 Å². The summed E-state index contributed by atoms with van der Waals surface area (Å²) in [6.07, 6.45) is 1.47. The standard InChI is InChI=1S/C8H9FN2O/c9-6-2-4-11-7(5-6)8(12)1-3-10/h2,4-5H,1,3,10H2. The molecular formula is C8H9FN2O. The van der Waals surface area contributed by atoms with E-state index in [4.69, 9.17) is 5.73 Å². The number of nitrogens with zero attached hydrogens (tertiary/aromatic N) is 1. The first-order chi connectivity index (χ1) is 5.74. The number of ketones is 1. The second kappa shape index (κ2) is 3.92. The minimum atomic E-state index is -0.453. The second-order valence-electron chi connectivity index (χ2n) is 2.32. The Bertz CT molecular complexity index is 288. The van der Waals surface area contributed by atoms with E-state index >= 15 is 0 Å². The van der Waals surface area contributed by atoms with Crippen LogP contribution in [0.3, 0.4) is 0 Å². The molecule has 0 radical (unpaired) electrons. The van der Waals surface area contributed by atoms with Crippen molar-refractivity contribution in [1.29, 1.82) is 0 Å². The van der Waals surface area contributed by atoms with Gasteiger partial charge in [0, 0.05) is 18.7 Å². The Hall–Kier alpha value is -1.29.